The summed E-state index contributed by atoms with van der Waals surface area (Å²) in [5, 5.41) is 3.22. The van der Waals surface area contributed by atoms with E-state index in [9.17, 15) is 22.8 Å². The maximum atomic E-state index is 14.4. The first kappa shape index (κ1) is 26.3. The van der Waals surface area contributed by atoms with E-state index in [1.165, 1.54) is 13.2 Å². The van der Waals surface area contributed by atoms with E-state index in [-0.39, 0.29) is 49.0 Å². The monoisotopic (exact) mass is 522 g/mol. The van der Waals surface area contributed by atoms with Gasteiger partial charge in [-0.2, -0.15) is 0 Å². The Bertz CT molecular complexity index is 992. The predicted molar refractivity (Wildman–Crippen MR) is 132 cm³/mol. The van der Waals surface area contributed by atoms with Gasteiger partial charge in [-0.3, -0.25) is 19.4 Å². The number of hydrogen-bond donors (Lipinski definition) is 1. The molecule has 37 heavy (non-hydrogen) atoms. The van der Waals surface area contributed by atoms with Gasteiger partial charge in [0.15, 0.2) is 0 Å². The molecule has 0 bridgehead atoms. The van der Waals surface area contributed by atoms with Crippen molar-refractivity contribution in [3.8, 4) is 5.75 Å². The molecular weight excluding hydrogens is 485 g/mol. The lowest BCUT2D eigenvalue weighted by Crippen LogP contribution is -2.56. The van der Waals surface area contributed by atoms with Crippen molar-refractivity contribution in [2.45, 2.75) is 87.5 Å². The normalized spacial score (nSPS) is 28.3. The minimum atomic E-state index is -2.58. The van der Waals surface area contributed by atoms with Gasteiger partial charge in [0.2, 0.25) is 17.7 Å². The molecule has 2 amide bonds. The molecule has 1 N–H and O–H groups in total. The van der Waals surface area contributed by atoms with Crippen LogP contribution in [0.2, 0.25) is 0 Å². The first-order valence-electron chi connectivity index (χ1n) is 13.3. The number of rotatable bonds is 5. The Morgan fingerprint density at radius 3 is 2.46 bits per heavy atom. The number of ether oxygens (including phenoxy) is 1. The van der Waals surface area contributed by atoms with Crippen LogP contribution in [0.5, 0.6) is 5.75 Å². The number of fused-ring (bicyclic) bond motifs is 1. The van der Waals surface area contributed by atoms with Crippen LogP contribution in [-0.2, 0) is 16.1 Å². The van der Waals surface area contributed by atoms with Crippen LogP contribution in [0.4, 0.5) is 13.2 Å². The molecule has 2 atom stereocenters. The topological polar surface area (TPSA) is 65.1 Å². The van der Waals surface area contributed by atoms with E-state index >= 15 is 0 Å². The van der Waals surface area contributed by atoms with Gasteiger partial charge in [-0.05, 0) is 45.2 Å². The highest BCUT2D eigenvalue weighted by atomic mass is 19.3. The van der Waals surface area contributed by atoms with Crippen molar-refractivity contribution in [2.75, 3.05) is 33.8 Å². The van der Waals surface area contributed by atoms with Gasteiger partial charge in [0.1, 0.15) is 17.6 Å². The van der Waals surface area contributed by atoms with Crippen molar-refractivity contribution >= 4 is 11.8 Å². The number of likely N-dealkylation sites (N-methyl/N-ethyl adjacent to an activating group) is 1. The molecule has 0 aromatic heterocycles. The maximum Gasteiger partial charge on any atom is 0.248 e. The van der Waals surface area contributed by atoms with Crippen LogP contribution in [0.15, 0.2) is 18.2 Å². The fourth-order valence-corrected chi connectivity index (χ4v) is 6.61. The predicted octanol–water partition coefficient (Wildman–Crippen LogP) is 3.17. The van der Waals surface area contributed by atoms with Gasteiger partial charge in [0.05, 0.1) is 19.1 Å². The largest absolute Gasteiger partial charge is 0.497 e. The summed E-state index contributed by atoms with van der Waals surface area (Å²) in [6, 6.07) is 4.39. The Hall–Kier alpha value is -2.33. The number of amides is 2. The van der Waals surface area contributed by atoms with Crippen LogP contribution in [0.25, 0.3) is 0 Å². The number of nitrogens with one attached hydrogen (secondary N) is 1. The lowest BCUT2D eigenvalue weighted by Gasteiger charge is -2.41. The van der Waals surface area contributed by atoms with Gasteiger partial charge in [-0.25, -0.2) is 13.2 Å². The number of nitrogens with zero attached hydrogens (tertiary/aromatic N) is 3. The van der Waals surface area contributed by atoms with E-state index < -0.39 is 17.5 Å². The Balaban J connectivity index is 1.18. The zero-order valence-corrected chi connectivity index (χ0v) is 21.6. The fraction of sp³-hybridized carbons (Fsp3) is 0.704. The molecule has 7 nitrogen and oxygen atoms in total. The first-order valence-corrected chi connectivity index (χ1v) is 13.3. The highest BCUT2D eigenvalue weighted by molar-refractivity contribution is 5.92. The molecule has 4 aliphatic rings. The van der Waals surface area contributed by atoms with E-state index in [2.05, 4.69) is 15.1 Å². The molecule has 10 heteroatoms. The van der Waals surface area contributed by atoms with Gasteiger partial charge in [-0.15, -0.1) is 0 Å². The number of likely N-dealkylation sites (tertiary alicyclic amines) is 1. The zero-order valence-electron chi connectivity index (χ0n) is 21.6. The van der Waals surface area contributed by atoms with E-state index in [1.807, 2.05) is 7.05 Å². The summed E-state index contributed by atoms with van der Waals surface area (Å²) in [5.74, 6) is -2.55. The fourth-order valence-electron chi connectivity index (χ4n) is 6.61. The highest BCUT2D eigenvalue weighted by Gasteiger charge is 2.50. The van der Waals surface area contributed by atoms with Gasteiger partial charge >= 0.3 is 0 Å². The summed E-state index contributed by atoms with van der Waals surface area (Å²) >= 11 is 0. The van der Waals surface area contributed by atoms with Crippen molar-refractivity contribution in [1.29, 1.82) is 0 Å². The second-order valence-electron chi connectivity index (χ2n) is 11.4. The Morgan fingerprint density at radius 1 is 1.11 bits per heavy atom. The number of piperidine rings is 1. The van der Waals surface area contributed by atoms with Crippen LogP contribution >= 0.6 is 0 Å². The van der Waals surface area contributed by atoms with Gasteiger partial charge in [0.25, 0.3) is 0 Å². The molecule has 0 radical (unpaired) electrons. The average Bonchev–Trinajstić information content (AvgIpc) is 3.29. The first-order chi connectivity index (χ1) is 17.6. The molecule has 3 heterocycles. The summed E-state index contributed by atoms with van der Waals surface area (Å²) in [6.45, 7) is 2.23. The number of carbonyl (C=O) groups excluding carboxylic acids is 2. The van der Waals surface area contributed by atoms with Crippen molar-refractivity contribution in [3.63, 3.8) is 0 Å². The van der Waals surface area contributed by atoms with E-state index in [0.717, 1.165) is 0 Å². The molecule has 3 aliphatic heterocycles. The summed E-state index contributed by atoms with van der Waals surface area (Å²) in [4.78, 5) is 32.7. The third-order valence-electron chi connectivity index (χ3n) is 9.09. The van der Waals surface area contributed by atoms with Crippen LogP contribution in [0.1, 0.15) is 56.9 Å². The van der Waals surface area contributed by atoms with E-state index in [0.29, 0.717) is 69.6 Å². The number of halogens is 3. The van der Waals surface area contributed by atoms with Crippen molar-refractivity contribution < 1.29 is 27.5 Å². The second kappa shape index (κ2) is 10.1. The summed E-state index contributed by atoms with van der Waals surface area (Å²) in [7, 11) is 3.45. The van der Waals surface area contributed by atoms with Crippen LogP contribution < -0.4 is 10.1 Å². The van der Waals surface area contributed by atoms with Crippen molar-refractivity contribution in [1.82, 2.24) is 20.0 Å². The highest BCUT2D eigenvalue weighted by Crippen LogP contribution is 2.38. The third kappa shape index (κ3) is 5.46. The Labute approximate surface area is 216 Å². The zero-order chi connectivity index (χ0) is 26.4. The van der Waals surface area contributed by atoms with Crippen molar-refractivity contribution in [3.05, 3.63) is 29.6 Å². The Morgan fingerprint density at radius 2 is 1.81 bits per heavy atom. The molecule has 1 spiro atoms. The van der Waals surface area contributed by atoms with Crippen molar-refractivity contribution in [2.24, 2.45) is 0 Å². The Kier molecular flexibility index (Phi) is 7.17. The summed E-state index contributed by atoms with van der Waals surface area (Å²) < 4.78 is 46.7. The van der Waals surface area contributed by atoms with Gasteiger partial charge in [-0.1, -0.05) is 6.07 Å². The van der Waals surface area contributed by atoms with E-state index in [1.54, 1.807) is 17.0 Å². The second-order valence-corrected chi connectivity index (χ2v) is 11.4. The smallest absolute Gasteiger partial charge is 0.248 e. The lowest BCUT2D eigenvalue weighted by molar-refractivity contribution is -0.135. The number of hydrogen-bond acceptors (Lipinski definition) is 5. The standard InChI is InChI=1S/C27H37F3N4O3/c1-32(19-5-7-27(29,30)8-6-19)20-13-23-25(36)31-26(15-24(35)34(23)17-20)9-11-33(12-10-26)16-18-3-4-21(37-2)14-22(18)28/h3-4,14,19-20,23H,5-13,15-17H2,1-2H3,(H,31,36)/t20-,23-/m0/s1. The SMILES string of the molecule is COc1ccc(CN2CCC3(CC2)CC(=O)N2C[C@@H](N(C)C4CCC(F)(F)CC4)C[C@H]2C(=O)N3)c(F)c1. The molecule has 5 rings (SSSR count). The van der Waals surface area contributed by atoms with Crippen LogP contribution in [0, 0.1) is 5.82 Å². The number of benzene rings is 1. The van der Waals surface area contributed by atoms with E-state index in [4.69, 9.17) is 4.74 Å². The molecule has 0 unspecified atom stereocenters. The molecule has 1 aliphatic carbocycles. The van der Waals surface area contributed by atoms with Crippen LogP contribution in [0.3, 0.4) is 0 Å². The summed E-state index contributed by atoms with van der Waals surface area (Å²) in [5.41, 5.74) is 0.0132. The molecule has 4 fully saturated rings. The summed E-state index contributed by atoms with van der Waals surface area (Å²) in [6.07, 6.45) is 2.70. The minimum absolute atomic E-state index is 0.00767. The lowest BCUT2D eigenvalue weighted by atomic mass is 9.83. The van der Waals surface area contributed by atoms with Crippen LogP contribution in [-0.4, -0.2) is 89.9 Å². The van der Waals surface area contributed by atoms with Gasteiger partial charge in [0, 0.05) is 62.7 Å². The quantitative estimate of drug-likeness (QED) is 0.644. The average molecular weight is 523 g/mol. The van der Waals surface area contributed by atoms with Gasteiger partial charge < -0.3 is 15.0 Å². The minimum Gasteiger partial charge on any atom is -0.497 e. The number of methoxy groups -OCH3 is 1. The molecule has 1 aromatic rings. The third-order valence-corrected chi connectivity index (χ3v) is 9.09. The molecule has 1 saturated carbocycles. The molecular formula is C27H37F3N4O3. The molecule has 204 valence electrons. The number of alkyl halides is 2. The molecule has 3 saturated heterocycles. The maximum absolute atomic E-state index is 14.4. The number of carbonyl (C=O) groups is 2. The molecule has 1 aromatic carbocycles.